The summed E-state index contributed by atoms with van der Waals surface area (Å²) in [6.07, 6.45) is 12.0. The van der Waals surface area contributed by atoms with Gasteiger partial charge in [0.25, 0.3) is 0 Å². The standard InChI is InChI=1S/C21H23N.2C4H10N.2CH3.Hf/c1-2-8-15(7-1)21(12-6-13-21)19-17-10-4-3-9-16(17)18-11-5-14-22-20(18)19;2*1-3-5-4-2;;;/h3-5,9-11,14-15,22H,1-2,6-8,12-13H2;2*3-4H2,1-2H3;2*1H3;/q;4*-1;+4. The van der Waals surface area contributed by atoms with Crippen LogP contribution in [-0.4, -0.2) is 31.2 Å². The Hall–Kier alpha value is -0.970. The smallest absolute Gasteiger partial charge is 0.663 e. The van der Waals surface area contributed by atoms with E-state index in [-0.39, 0.29) is 40.7 Å². The number of aromatic amines is 1. The minimum Gasteiger partial charge on any atom is -0.663 e. The van der Waals surface area contributed by atoms with Crippen LogP contribution in [0.25, 0.3) is 32.7 Å². The van der Waals surface area contributed by atoms with Gasteiger partial charge < -0.3 is 30.5 Å². The maximum Gasteiger partial charge on any atom is 4.00 e. The number of nitrogens with one attached hydrogen (secondary N) is 1. The van der Waals surface area contributed by atoms with Gasteiger partial charge in [0.2, 0.25) is 0 Å². The molecule has 3 nitrogen and oxygen atoms in total. The number of aromatic nitrogens is 1. The molecule has 1 aromatic rings. The van der Waals surface area contributed by atoms with Gasteiger partial charge in [-0.25, -0.2) is 0 Å². The van der Waals surface area contributed by atoms with Crippen LogP contribution in [-0.2, 0) is 31.3 Å². The second-order valence-corrected chi connectivity index (χ2v) is 9.08. The number of hydrogen-bond donors (Lipinski definition) is 1. The van der Waals surface area contributed by atoms with E-state index in [4.69, 9.17) is 0 Å². The number of benzene rings is 1. The van der Waals surface area contributed by atoms with Gasteiger partial charge in [0.05, 0.1) is 5.69 Å². The SMILES string of the molecule is CC[N-]CC.CC[N-]CC.[CH3-].[CH3-].[Hf+4].c1c[nH]c2c(C3(C4CCCC4)CCC3)c3ccccc3c-2c1. The van der Waals surface area contributed by atoms with Crippen LogP contribution >= 0.6 is 0 Å². The molecule has 0 atom stereocenters. The third kappa shape index (κ3) is 7.76. The molecule has 1 heterocycles. The number of rotatable bonds is 6. The van der Waals surface area contributed by atoms with Gasteiger partial charge in [-0.3, -0.25) is 0 Å². The van der Waals surface area contributed by atoms with Crippen molar-refractivity contribution >= 4 is 10.8 Å². The topological polar surface area (TPSA) is 44.0 Å². The van der Waals surface area contributed by atoms with Gasteiger partial charge >= 0.3 is 25.8 Å². The van der Waals surface area contributed by atoms with E-state index in [1.165, 1.54) is 67.0 Å². The molecule has 1 aliphatic heterocycles. The van der Waals surface area contributed by atoms with Crippen LogP contribution in [0.4, 0.5) is 0 Å². The van der Waals surface area contributed by atoms with Crippen LogP contribution < -0.4 is 0 Å². The van der Waals surface area contributed by atoms with Gasteiger partial charge in [0.15, 0.2) is 0 Å². The van der Waals surface area contributed by atoms with E-state index in [0.29, 0.717) is 5.41 Å². The van der Waals surface area contributed by atoms with Gasteiger partial charge in [-0.1, -0.05) is 77.3 Å². The minimum absolute atomic E-state index is 0. The first-order chi connectivity index (χ1) is 15.7. The van der Waals surface area contributed by atoms with Crippen LogP contribution in [0, 0.1) is 20.8 Å². The Bertz CT molecular complexity index is 883. The second-order valence-electron chi connectivity index (χ2n) is 9.08. The Morgan fingerprint density at radius 2 is 1.31 bits per heavy atom. The molecule has 192 valence electrons. The van der Waals surface area contributed by atoms with E-state index in [2.05, 4.69) is 58.2 Å². The Morgan fingerprint density at radius 3 is 1.77 bits per heavy atom. The monoisotopic (exact) mass is 643 g/mol. The third-order valence-corrected chi connectivity index (χ3v) is 7.37. The first kappa shape index (κ1) is 34.0. The minimum atomic E-state index is 0. The molecule has 0 amide bonds. The zero-order valence-corrected chi connectivity index (χ0v) is 26.9. The van der Waals surface area contributed by atoms with Crippen molar-refractivity contribution < 1.29 is 25.8 Å². The van der Waals surface area contributed by atoms with Crippen molar-refractivity contribution in [3.8, 4) is 11.3 Å². The Labute approximate surface area is 235 Å². The molecule has 4 aliphatic rings. The van der Waals surface area contributed by atoms with Gasteiger partial charge in [0, 0.05) is 17.2 Å². The van der Waals surface area contributed by atoms with Gasteiger partial charge in [-0.15, -0.1) is 0 Å². The maximum atomic E-state index is 3.97. The fraction of sp³-hybridized carbons (Fsp3) is 0.548. The molecule has 35 heavy (non-hydrogen) atoms. The molecule has 0 aromatic heterocycles. The number of nitrogens with zero attached hydrogens (tertiary/aromatic N) is 2. The number of hydrogen-bond acceptors (Lipinski definition) is 0. The van der Waals surface area contributed by atoms with Crippen molar-refractivity contribution in [2.45, 2.75) is 78.1 Å². The van der Waals surface area contributed by atoms with Crippen LogP contribution in [0.3, 0.4) is 0 Å². The zero-order valence-electron chi connectivity index (χ0n) is 23.3. The molecule has 2 fully saturated rings. The molecule has 0 bridgehead atoms. The molecule has 0 saturated heterocycles. The van der Waals surface area contributed by atoms with Crippen molar-refractivity contribution in [3.05, 3.63) is 73.6 Å². The van der Waals surface area contributed by atoms with E-state index in [1.54, 1.807) is 5.56 Å². The van der Waals surface area contributed by atoms with Crippen LogP contribution in [0.5, 0.6) is 0 Å². The molecule has 3 aliphatic carbocycles. The van der Waals surface area contributed by atoms with Gasteiger partial charge in [-0.05, 0) is 54.0 Å². The molecular formula is C31H49HfN3. The Balaban J connectivity index is 0.000000771. The number of H-pyrrole nitrogens is 1. The van der Waals surface area contributed by atoms with Gasteiger partial charge in [0.1, 0.15) is 0 Å². The predicted octanol–water partition coefficient (Wildman–Crippen LogP) is 9.58. The van der Waals surface area contributed by atoms with Crippen molar-refractivity contribution in [2.24, 2.45) is 5.92 Å². The largest absolute Gasteiger partial charge is 4.00 e. The summed E-state index contributed by atoms with van der Waals surface area (Å²) in [5.41, 5.74) is 4.93. The first-order valence-corrected chi connectivity index (χ1v) is 13.0. The molecule has 5 rings (SSSR count). The summed E-state index contributed by atoms with van der Waals surface area (Å²) in [6, 6.07) is 13.5. The van der Waals surface area contributed by atoms with Crippen molar-refractivity contribution in [1.82, 2.24) is 4.98 Å². The number of pyridine rings is 1. The molecule has 1 aromatic carbocycles. The second kappa shape index (κ2) is 17.5. The summed E-state index contributed by atoms with van der Waals surface area (Å²) in [6.45, 7) is 12.1. The first-order valence-electron chi connectivity index (χ1n) is 13.0. The van der Waals surface area contributed by atoms with Crippen molar-refractivity contribution in [2.75, 3.05) is 26.2 Å². The van der Waals surface area contributed by atoms with Crippen LogP contribution in [0.1, 0.15) is 78.2 Å². The Kier molecular flexibility index (Phi) is 17.0. The molecule has 0 spiro atoms. The van der Waals surface area contributed by atoms with Crippen LogP contribution in [0.15, 0.2) is 42.6 Å². The summed E-state index contributed by atoms with van der Waals surface area (Å²) in [5.74, 6) is 0.906. The molecule has 0 unspecified atom stereocenters. The number of fused-ring (bicyclic) bond motifs is 3. The average Bonchev–Trinajstić information content (AvgIpc) is 3.44. The van der Waals surface area contributed by atoms with Crippen LogP contribution in [0.2, 0.25) is 0 Å². The zero-order chi connectivity index (χ0) is 22.8. The summed E-state index contributed by atoms with van der Waals surface area (Å²) in [4.78, 5) is 3.61. The van der Waals surface area contributed by atoms with Crippen molar-refractivity contribution in [1.29, 1.82) is 0 Å². The normalized spacial score (nSPS) is 15.9. The molecular weight excluding hydrogens is 593 g/mol. The van der Waals surface area contributed by atoms with E-state index in [0.717, 1.165) is 32.1 Å². The average molecular weight is 642 g/mol. The maximum absolute atomic E-state index is 3.97. The molecule has 2 saturated carbocycles. The fourth-order valence-corrected chi connectivity index (χ4v) is 5.80. The van der Waals surface area contributed by atoms with E-state index in [9.17, 15) is 0 Å². The summed E-state index contributed by atoms with van der Waals surface area (Å²) >= 11 is 0. The molecule has 1 N–H and O–H groups in total. The molecule has 0 radical (unpaired) electrons. The van der Waals surface area contributed by atoms with Gasteiger partial charge in [-0.2, -0.15) is 26.2 Å². The summed E-state index contributed by atoms with van der Waals surface area (Å²) < 4.78 is 0. The summed E-state index contributed by atoms with van der Waals surface area (Å²) in [7, 11) is 0. The summed E-state index contributed by atoms with van der Waals surface area (Å²) in [5, 5.41) is 10.9. The predicted molar refractivity (Wildman–Crippen MR) is 154 cm³/mol. The Morgan fingerprint density at radius 1 is 0.771 bits per heavy atom. The van der Waals surface area contributed by atoms with E-state index < -0.39 is 0 Å². The van der Waals surface area contributed by atoms with E-state index >= 15 is 0 Å². The van der Waals surface area contributed by atoms with E-state index in [1.807, 2.05) is 27.7 Å². The third-order valence-electron chi connectivity index (χ3n) is 7.37. The quantitative estimate of drug-likeness (QED) is 0.206. The molecule has 4 heteroatoms. The fourth-order valence-electron chi connectivity index (χ4n) is 5.80. The van der Waals surface area contributed by atoms with Crippen molar-refractivity contribution in [3.63, 3.8) is 0 Å².